The Morgan fingerprint density at radius 2 is 2.11 bits per heavy atom. The van der Waals surface area contributed by atoms with Gasteiger partial charge in [-0.25, -0.2) is 4.79 Å². The van der Waals surface area contributed by atoms with Crippen molar-refractivity contribution < 1.29 is 9.53 Å². The highest BCUT2D eigenvalue weighted by atomic mass is 16.5. The number of carbonyl (C=O) groups is 1. The van der Waals surface area contributed by atoms with Crippen LogP contribution in [0.15, 0.2) is 24.3 Å². The standard InChI is InChI=1S/C15H17NO2/c1-4-11-7-6-8-12-13(15(17)18-5-2)9-10(3)16-14(11)12/h6-9H,4-5H2,1-3H3. The molecule has 3 nitrogen and oxygen atoms in total. The van der Waals surface area contributed by atoms with Crippen LogP contribution in [0.3, 0.4) is 0 Å². The average molecular weight is 243 g/mol. The second-order valence-corrected chi connectivity index (χ2v) is 4.20. The summed E-state index contributed by atoms with van der Waals surface area (Å²) in [7, 11) is 0. The number of rotatable bonds is 3. The van der Waals surface area contributed by atoms with E-state index >= 15 is 0 Å². The molecule has 2 rings (SSSR count). The number of carbonyl (C=O) groups excluding carboxylic acids is 1. The number of fused-ring (bicyclic) bond motifs is 1. The molecule has 0 bridgehead atoms. The molecule has 0 aliphatic heterocycles. The predicted molar refractivity (Wildman–Crippen MR) is 71.8 cm³/mol. The van der Waals surface area contributed by atoms with Crippen molar-refractivity contribution in [2.24, 2.45) is 0 Å². The molecule has 0 saturated carbocycles. The molecule has 18 heavy (non-hydrogen) atoms. The number of aryl methyl sites for hydroxylation is 2. The van der Waals surface area contributed by atoms with E-state index in [0.29, 0.717) is 12.2 Å². The Morgan fingerprint density at radius 1 is 1.33 bits per heavy atom. The summed E-state index contributed by atoms with van der Waals surface area (Å²) in [5.74, 6) is -0.277. The Kier molecular flexibility index (Phi) is 3.60. The van der Waals surface area contributed by atoms with Gasteiger partial charge in [-0.3, -0.25) is 4.98 Å². The molecule has 0 aliphatic rings. The first-order valence-corrected chi connectivity index (χ1v) is 6.23. The molecule has 0 spiro atoms. The second kappa shape index (κ2) is 5.17. The van der Waals surface area contributed by atoms with Gasteiger partial charge in [-0.1, -0.05) is 25.1 Å². The van der Waals surface area contributed by atoms with E-state index < -0.39 is 0 Å². The van der Waals surface area contributed by atoms with Crippen molar-refractivity contribution in [3.63, 3.8) is 0 Å². The quantitative estimate of drug-likeness (QED) is 0.776. The lowest BCUT2D eigenvalue weighted by molar-refractivity contribution is 0.0528. The van der Waals surface area contributed by atoms with Crippen LogP contribution in [-0.4, -0.2) is 17.6 Å². The number of pyridine rings is 1. The van der Waals surface area contributed by atoms with E-state index in [2.05, 4.69) is 11.9 Å². The van der Waals surface area contributed by atoms with E-state index in [9.17, 15) is 4.79 Å². The largest absolute Gasteiger partial charge is 0.462 e. The molecule has 0 unspecified atom stereocenters. The predicted octanol–water partition coefficient (Wildman–Crippen LogP) is 3.28. The van der Waals surface area contributed by atoms with E-state index in [1.54, 1.807) is 6.07 Å². The van der Waals surface area contributed by atoms with Gasteiger partial charge in [0.1, 0.15) is 0 Å². The summed E-state index contributed by atoms with van der Waals surface area (Å²) in [4.78, 5) is 16.5. The van der Waals surface area contributed by atoms with Crippen molar-refractivity contribution in [2.75, 3.05) is 6.61 Å². The number of para-hydroxylation sites is 1. The maximum atomic E-state index is 12.0. The van der Waals surface area contributed by atoms with Crippen molar-refractivity contribution in [1.82, 2.24) is 4.98 Å². The Morgan fingerprint density at radius 3 is 2.78 bits per heavy atom. The summed E-state index contributed by atoms with van der Waals surface area (Å²) < 4.78 is 5.10. The number of benzene rings is 1. The molecule has 0 radical (unpaired) electrons. The van der Waals surface area contributed by atoms with Gasteiger partial charge in [-0.05, 0) is 31.9 Å². The molecule has 0 aliphatic carbocycles. The number of nitrogens with zero attached hydrogens (tertiary/aromatic N) is 1. The topological polar surface area (TPSA) is 39.2 Å². The van der Waals surface area contributed by atoms with Crippen molar-refractivity contribution in [3.05, 3.63) is 41.1 Å². The molecular weight excluding hydrogens is 226 g/mol. The lowest BCUT2D eigenvalue weighted by Gasteiger charge is -2.09. The smallest absolute Gasteiger partial charge is 0.338 e. The lowest BCUT2D eigenvalue weighted by Crippen LogP contribution is -2.07. The molecule has 94 valence electrons. The highest BCUT2D eigenvalue weighted by Gasteiger charge is 2.14. The maximum absolute atomic E-state index is 12.0. The summed E-state index contributed by atoms with van der Waals surface area (Å²) >= 11 is 0. The third-order valence-electron chi connectivity index (χ3n) is 2.93. The third-order valence-corrected chi connectivity index (χ3v) is 2.93. The number of ether oxygens (including phenoxy) is 1. The van der Waals surface area contributed by atoms with Crippen molar-refractivity contribution >= 4 is 16.9 Å². The van der Waals surface area contributed by atoms with Gasteiger partial charge in [-0.2, -0.15) is 0 Å². The molecule has 0 amide bonds. The number of aromatic nitrogens is 1. The van der Waals surface area contributed by atoms with Crippen LogP contribution >= 0.6 is 0 Å². The molecule has 1 heterocycles. The van der Waals surface area contributed by atoms with Crippen LogP contribution in [0.25, 0.3) is 10.9 Å². The highest BCUT2D eigenvalue weighted by molar-refractivity contribution is 6.04. The monoisotopic (exact) mass is 243 g/mol. The lowest BCUT2D eigenvalue weighted by atomic mass is 10.0. The summed E-state index contributed by atoms with van der Waals surface area (Å²) in [5.41, 5.74) is 3.51. The van der Waals surface area contributed by atoms with E-state index in [-0.39, 0.29) is 5.97 Å². The minimum absolute atomic E-state index is 0.277. The van der Waals surface area contributed by atoms with Gasteiger partial charge in [0, 0.05) is 11.1 Å². The van der Waals surface area contributed by atoms with Gasteiger partial charge in [0.15, 0.2) is 0 Å². The summed E-state index contributed by atoms with van der Waals surface area (Å²) in [5, 5.41) is 0.874. The Balaban J connectivity index is 2.70. The van der Waals surface area contributed by atoms with E-state index in [1.807, 2.05) is 32.0 Å². The fourth-order valence-corrected chi connectivity index (χ4v) is 2.10. The van der Waals surface area contributed by atoms with E-state index in [4.69, 9.17) is 4.74 Å². The van der Waals surface area contributed by atoms with Crippen LogP contribution in [0.2, 0.25) is 0 Å². The van der Waals surface area contributed by atoms with Crippen LogP contribution in [0.4, 0.5) is 0 Å². The molecule has 0 atom stereocenters. The molecular formula is C15H17NO2. The van der Waals surface area contributed by atoms with Crippen LogP contribution in [0.5, 0.6) is 0 Å². The minimum atomic E-state index is -0.277. The van der Waals surface area contributed by atoms with Crippen molar-refractivity contribution in [1.29, 1.82) is 0 Å². The van der Waals surface area contributed by atoms with Gasteiger partial charge in [0.25, 0.3) is 0 Å². The zero-order chi connectivity index (χ0) is 13.1. The summed E-state index contributed by atoms with van der Waals surface area (Å²) in [6, 6.07) is 7.72. The van der Waals surface area contributed by atoms with Gasteiger partial charge < -0.3 is 4.74 Å². The first kappa shape index (κ1) is 12.6. The first-order chi connectivity index (χ1) is 8.67. The molecule has 2 aromatic rings. The van der Waals surface area contributed by atoms with Crippen LogP contribution in [0, 0.1) is 6.92 Å². The number of esters is 1. The Bertz CT molecular complexity index is 590. The maximum Gasteiger partial charge on any atom is 0.338 e. The summed E-state index contributed by atoms with van der Waals surface area (Å²) in [6.07, 6.45) is 0.899. The van der Waals surface area contributed by atoms with Gasteiger partial charge in [-0.15, -0.1) is 0 Å². The SMILES string of the molecule is CCOC(=O)c1cc(C)nc2c(CC)cccc12. The van der Waals surface area contributed by atoms with E-state index in [1.165, 1.54) is 0 Å². The Labute approximate surface area is 107 Å². The van der Waals surface area contributed by atoms with Gasteiger partial charge >= 0.3 is 5.97 Å². The molecule has 0 fully saturated rings. The number of hydrogen-bond donors (Lipinski definition) is 0. The zero-order valence-corrected chi connectivity index (χ0v) is 11.0. The summed E-state index contributed by atoms with van der Waals surface area (Å²) in [6.45, 7) is 6.18. The molecule has 0 N–H and O–H groups in total. The molecule has 3 heteroatoms. The molecule has 1 aromatic carbocycles. The Hall–Kier alpha value is -1.90. The fourth-order valence-electron chi connectivity index (χ4n) is 2.10. The second-order valence-electron chi connectivity index (χ2n) is 4.20. The van der Waals surface area contributed by atoms with Crippen LogP contribution in [0.1, 0.15) is 35.5 Å². The van der Waals surface area contributed by atoms with Crippen molar-refractivity contribution in [2.45, 2.75) is 27.2 Å². The molecule has 1 aromatic heterocycles. The van der Waals surface area contributed by atoms with Crippen molar-refractivity contribution in [3.8, 4) is 0 Å². The normalized spacial score (nSPS) is 10.6. The van der Waals surface area contributed by atoms with Gasteiger partial charge in [0.05, 0.1) is 17.7 Å². The fraction of sp³-hybridized carbons (Fsp3) is 0.333. The minimum Gasteiger partial charge on any atom is -0.462 e. The van der Waals surface area contributed by atoms with E-state index in [0.717, 1.165) is 28.6 Å². The van der Waals surface area contributed by atoms with Crippen LogP contribution in [-0.2, 0) is 11.2 Å². The van der Waals surface area contributed by atoms with Crippen LogP contribution < -0.4 is 0 Å². The molecule has 0 saturated heterocycles. The zero-order valence-electron chi connectivity index (χ0n) is 11.0. The highest BCUT2D eigenvalue weighted by Crippen LogP contribution is 2.22. The van der Waals surface area contributed by atoms with Gasteiger partial charge in [0.2, 0.25) is 0 Å². The average Bonchev–Trinajstić information content (AvgIpc) is 2.37. The third kappa shape index (κ3) is 2.21. The first-order valence-electron chi connectivity index (χ1n) is 6.23. The number of hydrogen-bond acceptors (Lipinski definition) is 3.